The second kappa shape index (κ2) is 4.99. The smallest absolute Gasteiger partial charge is 0.233 e. The van der Waals surface area contributed by atoms with Gasteiger partial charge in [0.05, 0.1) is 5.39 Å². The number of thiophene rings is 1. The maximum absolute atomic E-state index is 4.80. The molecule has 114 valence electrons. The summed E-state index contributed by atoms with van der Waals surface area (Å²) in [6.07, 6.45) is 4.74. The standard InChI is InChI=1S/C16H14N6S/c1-2-6-10(7-3-1)17-16-18-15-13(14-19-20-21-22(14)16)11-8-4-5-9-12(11)23-15/h1-3,6-7H,4-5,8-9H2,(H,17,18). The van der Waals surface area contributed by atoms with Crippen molar-refractivity contribution in [3.63, 3.8) is 0 Å². The molecule has 1 aliphatic rings. The molecule has 0 unspecified atom stereocenters. The molecule has 0 radical (unpaired) electrons. The van der Waals surface area contributed by atoms with Gasteiger partial charge < -0.3 is 5.32 Å². The van der Waals surface area contributed by atoms with E-state index in [0.717, 1.165) is 34.4 Å². The fourth-order valence-electron chi connectivity index (χ4n) is 3.22. The van der Waals surface area contributed by atoms with E-state index in [1.54, 1.807) is 15.9 Å². The molecule has 6 nitrogen and oxygen atoms in total. The number of anilines is 2. The number of nitrogens with one attached hydrogen (secondary N) is 1. The predicted molar refractivity (Wildman–Crippen MR) is 90.3 cm³/mol. The summed E-state index contributed by atoms with van der Waals surface area (Å²) < 4.78 is 1.71. The normalized spacial score (nSPS) is 14.3. The number of aromatic nitrogens is 5. The molecule has 1 N–H and O–H groups in total. The summed E-state index contributed by atoms with van der Waals surface area (Å²) in [5.74, 6) is 0.655. The highest BCUT2D eigenvalue weighted by Crippen LogP contribution is 2.37. The van der Waals surface area contributed by atoms with E-state index in [4.69, 9.17) is 4.98 Å². The highest BCUT2D eigenvalue weighted by molar-refractivity contribution is 7.19. The van der Waals surface area contributed by atoms with Gasteiger partial charge in [0.15, 0.2) is 5.65 Å². The van der Waals surface area contributed by atoms with Crippen LogP contribution in [-0.2, 0) is 12.8 Å². The van der Waals surface area contributed by atoms with Crippen molar-refractivity contribution >= 4 is 38.8 Å². The molecule has 5 rings (SSSR count). The van der Waals surface area contributed by atoms with E-state index < -0.39 is 0 Å². The van der Waals surface area contributed by atoms with E-state index in [9.17, 15) is 0 Å². The van der Waals surface area contributed by atoms with Crippen molar-refractivity contribution in [2.75, 3.05) is 5.32 Å². The van der Waals surface area contributed by atoms with Gasteiger partial charge in [0.2, 0.25) is 5.95 Å². The maximum atomic E-state index is 4.80. The number of hydrogen-bond acceptors (Lipinski definition) is 6. The Morgan fingerprint density at radius 2 is 1.96 bits per heavy atom. The first-order valence-electron chi connectivity index (χ1n) is 7.74. The van der Waals surface area contributed by atoms with Gasteiger partial charge in [-0.15, -0.1) is 16.4 Å². The lowest BCUT2D eigenvalue weighted by Crippen LogP contribution is -2.04. The highest BCUT2D eigenvalue weighted by atomic mass is 32.1. The zero-order valence-electron chi connectivity index (χ0n) is 12.4. The highest BCUT2D eigenvalue weighted by Gasteiger charge is 2.22. The third-order valence-corrected chi connectivity index (χ3v) is 5.47. The summed E-state index contributed by atoms with van der Waals surface area (Å²) in [5, 5.41) is 16.7. The molecule has 0 spiro atoms. The van der Waals surface area contributed by atoms with E-state index in [0.29, 0.717) is 5.95 Å². The Hall–Kier alpha value is -2.54. The van der Waals surface area contributed by atoms with Gasteiger partial charge in [-0.05, 0) is 53.8 Å². The van der Waals surface area contributed by atoms with Crippen LogP contribution in [0, 0.1) is 0 Å². The van der Waals surface area contributed by atoms with Gasteiger partial charge in [-0.25, -0.2) is 4.98 Å². The molecule has 0 atom stereocenters. The summed E-state index contributed by atoms with van der Waals surface area (Å²) in [7, 11) is 0. The van der Waals surface area contributed by atoms with E-state index in [1.807, 2.05) is 30.3 Å². The van der Waals surface area contributed by atoms with E-state index in [2.05, 4.69) is 20.8 Å². The van der Waals surface area contributed by atoms with E-state index in [-0.39, 0.29) is 0 Å². The molecule has 7 heteroatoms. The largest absolute Gasteiger partial charge is 0.324 e. The Bertz CT molecular complexity index is 1000. The number of fused-ring (bicyclic) bond motifs is 5. The Balaban J connectivity index is 1.75. The average molecular weight is 322 g/mol. The number of nitrogens with zero attached hydrogens (tertiary/aromatic N) is 5. The fourth-order valence-corrected chi connectivity index (χ4v) is 4.48. The van der Waals surface area contributed by atoms with Gasteiger partial charge >= 0.3 is 0 Å². The number of hydrogen-bond donors (Lipinski definition) is 1. The Kier molecular flexibility index (Phi) is 2.81. The van der Waals surface area contributed by atoms with E-state index in [1.165, 1.54) is 23.3 Å². The van der Waals surface area contributed by atoms with Crippen LogP contribution in [0.5, 0.6) is 0 Å². The molecule has 1 aliphatic carbocycles. The fraction of sp³-hybridized carbons (Fsp3) is 0.250. The average Bonchev–Trinajstić information content (AvgIpc) is 3.19. The molecule has 0 amide bonds. The van der Waals surface area contributed by atoms with Crippen LogP contribution in [0.4, 0.5) is 11.6 Å². The second-order valence-electron chi connectivity index (χ2n) is 5.73. The number of aryl methyl sites for hydroxylation is 2. The molecule has 1 aromatic carbocycles. The van der Waals surface area contributed by atoms with E-state index >= 15 is 0 Å². The summed E-state index contributed by atoms with van der Waals surface area (Å²) in [6, 6.07) is 9.97. The van der Waals surface area contributed by atoms with Crippen LogP contribution in [0.25, 0.3) is 15.9 Å². The lowest BCUT2D eigenvalue weighted by atomic mass is 9.97. The number of para-hydroxylation sites is 1. The summed E-state index contributed by atoms with van der Waals surface area (Å²) >= 11 is 1.78. The first kappa shape index (κ1) is 13.0. The van der Waals surface area contributed by atoms with Crippen LogP contribution in [0.3, 0.4) is 0 Å². The van der Waals surface area contributed by atoms with Crippen molar-refractivity contribution in [1.82, 2.24) is 25.0 Å². The van der Waals surface area contributed by atoms with Gasteiger partial charge in [-0.1, -0.05) is 18.2 Å². The zero-order valence-corrected chi connectivity index (χ0v) is 13.2. The van der Waals surface area contributed by atoms with Crippen molar-refractivity contribution in [3.05, 3.63) is 40.8 Å². The van der Waals surface area contributed by atoms with Crippen LogP contribution in [0.2, 0.25) is 0 Å². The molecule has 4 aromatic rings. The minimum absolute atomic E-state index is 0.655. The molecule has 0 bridgehead atoms. The maximum Gasteiger partial charge on any atom is 0.233 e. The third-order valence-electron chi connectivity index (χ3n) is 4.28. The van der Waals surface area contributed by atoms with Crippen LogP contribution in [0.1, 0.15) is 23.3 Å². The summed E-state index contributed by atoms with van der Waals surface area (Å²) in [5.41, 5.74) is 3.17. The molecular weight excluding hydrogens is 308 g/mol. The van der Waals surface area contributed by atoms with Crippen LogP contribution in [0.15, 0.2) is 30.3 Å². The minimum Gasteiger partial charge on any atom is -0.324 e. The molecule has 0 saturated heterocycles. The Morgan fingerprint density at radius 1 is 1.09 bits per heavy atom. The third kappa shape index (κ3) is 2.00. The molecule has 0 saturated carbocycles. The van der Waals surface area contributed by atoms with Gasteiger partial charge in [0.1, 0.15) is 4.83 Å². The second-order valence-corrected chi connectivity index (χ2v) is 6.82. The first-order valence-corrected chi connectivity index (χ1v) is 8.56. The Labute approximate surface area is 136 Å². The summed E-state index contributed by atoms with van der Waals surface area (Å²) in [6.45, 7) is 0. The lowest BCUT2D eigenvalue weighted by Gasteiger charge is -2.10. The molecule has 23 heavy (non-hydrogen) atoms. The van der Waals surface area contributed by atoms with Crippen LogP contribution < -0.4 is 5.32 Å². The SMILES string of the molecule is c1ccc(Nc2nc3sc4c(c3c3nnnn23)CCCC4)cc1. The molecule has 3 aromatic heterocycles. The van der Waals surface area contributed by atoms with Gasteiger partial charge in [-0.2, -0.15) is 4.52 Å². The van der Waals surface area contributed by atoms with Crippen molar-refractivity contribution in [2.45, 2.75) is 25.7 Å². The lowest BCUT2D eigenvalue weighted by molar-refractivity contribution is 0.700. The minimum atomic E-state index is 0.655. The van der Waals surface area contributed by atoms with Gasteiger partial charge in [-0.3, -0.25) is 0 Å². The Morgan fingerprint density at radius 3 is 2.87 bits per heavy atom. The van der Waals surface area contributed by atoms with Gasteiger partial charge in [0.25, 0.3) is 0 Å². The molecule has 3 heterocycles. The monoisotopic (exact) mass is 322 g/mol. The first-order chi connectivity index (χ1) is 11.4. The van der Waals surface area contributed by atoms with Crippen molar-refractivity contribution in [2.24, 2.45) is 0 Å². The molecular formula is C16H14N6S. The molecule has 0 aliphatic heterocycles. The quantitative estimate of drug-likeness (QED) is 0.613. The van der Waals surface area contributed by atoms with Crippen LogP contribution in [-0.4, -0.2) is 25.0 Å². The van der Waals surface area contributed by atoms with Crippen molar-refractivity contribution < 1.29 is 0 Å². The predicted octanol–water partition coefficient (Wildman–Crippen LogP) is 3.36. The van der Waals surface area contributed by atoms with Crippen molar-refractivity contribution in [1.29, 1.82) is 0 Å². The summed E-state index contributed by atoms with van der Waals surface area (Å²) in [4.78, 5) is 7.27. The number of rotatable bonds is 2. The number of tetrazole rings is 1. The zero-order chi connectivity index (χ0) is 15.2. The topological polar surface area (TPSA) is 68.0 Å². The molecule has 0 fully saturated rings. The van der Waals surface area contributed by atoms with Crippen LogP contribution >= 0.6 is 11.3 Å². The van der Waals surface area contributed by atoms with Gasteiger partial charge in [0, 0.05) is 10.6 Å². The number of benzene rings is 1. The van der Waals surface area contributed by atoms with Crippen molar-refractivity contribution in [3.8, 4) is 0 Å².